The van der Waals surface area contributed by atoms with Gasteiger partial charge in [-0.1, -0.05) is 6.58 Å². The van der Waals surface area contributed by atoms with Crippen molar-refractivity contribution in [2.45, 2.75) is 0 Å². The van der Waals surface area contributed by atoms with E-state index in [1.54, 1.807) is 0 Å². The first-order valence-corrected chi connectivity index (χ1v) is 1.57. The van der Waals surface area contributed by atoms with E-state index in [1.807, 2.05) is 0 Å². The van der Waals surface area contributed by atoms with Crippen molar-refractivity contribution in [3.8, 4) is 0 Å². The van der Waals surface area contributed by atoms with Crippen LogP contribution in [-0.4, -0.2) is 13.0 Å². The third-order valence-electron chi connectivity index (χ3n) is 0.395. The van der Waals surface area contributed by atoms with Crippen LogP contribution in [0.15, 0.2) is 12.7 Å². The van der Waals surface area contributed by atoms with Crippen molar-refractivity contribution < 1.29 is 4.79 Å². The lowest BCUT2D eigenvalue weighted by atomic mass is 10.6. The minimum Gasteiger partial charge on any atom is -0.268 e. The molecule has 0 bridgehead atoms. The number of rotatable bonds is 1. The Hall–Kier alpha value is -0.790. The van der Waals surface area contributed by atoms with Gasteiger partial charge in [0.1, 0.15) is 0 Å². The molecule has 6 heavy (non-hydrogen) atoms. The molecule has 33 valence electrons. The van der Waals surface area contributed by atoms with Crippen molar-refractivity contribution in [1.29, 1.82) is 0 Å². The second-order valence-corrected chi connectivity index (χ2v) is 0.766. The summed E-state index contributed by atoms with van der Waals surface area (Å²) in [6.45, 7) is 3.19. The molecular weight excluding hydrogens is 78.0 g/mol. The predicted octanol–water partition coefficient (Wildman–Crippen LogP) is -0.0668. The lowest BCUT2D eigenvalue weighted by Crippen LogP contribution is -2.04. The van der Waals surface area contributed by atoms with Crippen molar-refractivity contribution in [2.24, 2.45) is 0 Å². The molecule has 0 aliphatic carbocycles. The van der Waals surface area contributed by atoms with E-state index in [2.05, 4.69) is 11.9 Å². The summed E-state index contributed by atoms with van der Waals surface area (Å²) in [6.07, 6.45) is 1.17. The Morgan fingerprint density at radius 1 is 2.00 bits per heavy atom. The molecule has 0 spiro atoms. The highest BCUT2D eigenvalue weighted by Gasteiger charge is 1.82. The van der Waals surface area contributed by atoms with Crippen molar-refractivity contribution in [3.05, 3.63) is 12.7 Å². The van der Waals surface area contributed by atoms with Crippen molar-refractivity contribution in [2.75, 3.05) is 7.05 Å². The van der Waals surface area contributed by atoms with Crippen LogP contribution in [0.4, 0.5) is 0 Å². The standard InChI is InChI=1S/C4H6NO/c1-3-4(6)5-2/h3H,1H2,2H3. The fourth-order valence-electron chi connectivity index (χ4n) is 0.0913. The molecule has 2 heteroatoms. The number of hydrogen-bond donors (Lipinski definition) is 0. The van der Waals surface area contributed by atoms with Crippen molar-refractivity contribution in [1.82, 2.24) is 5.32 Å². The number of carbonyl (C=O) groups is 1. The smallest absolute Gasteiger partial charge is 0.264 e. The molecule has 0 aliphatic rings. The Labute approximate surface area is 36.9 Å². The second kappa shape index (κ2) is 2.45. The largest absolute Gasteiger partial charge is 0.268 e. The van der Waals surface area contributed by atoms with E-state index in [1.165, 1.54) is 13.1 Å². The minimum absolute atomic E-state index is 0.269. The Bertz CT molecular complexity index is 67.9. The maximum absolute atomic E-state index is 9.90. The van der Waals surface area contributed by atoms with E-state index in [-0.39, 0.29) is 5.91 Å². The van der Waals surface area contributed by atoms with Crippen LogP contribution in [0.1, 0.15) is 0 Å². The van der Waals surface area contributed by atoms with Crippen LogP contribution in [0.2, 0.25) is 0 Å². The average molecular weight is 84.1 g/mol. The molecule has 0 unspecified atom stereocenters. The SMILES string of the molecule is C=CC(=O)[N]C. The predicted molar refractivity (Wildman–Crippen MR) is 23.3 cm³/mol. The van der Waals surface area contributed by atoms with E-state index in [4.69, 9.17) is 0 Å². The number of hydrogen-bond acceptors (Lipinski definition) is 1. The van der Waals surface area contributed by atoms with Gasteiger partial charge in [-0.15, -0.1) is 0 Å². The van der Waals surface area contributed by atoms with Gasteiger partial charge < -0.3 is 0 Å². The molecule has 1 amide bonds. The Morgan fingerprint density at radius 3 is 2.50 bits per heavy atom. The highest BCUT2D eigenvalue weighted by molar-refractivity contribution is 5.86. The fraction of sp³-hybridized carbons (Fsp3) is 0.250. The summed E-state index contributed by atoms with van der Waals surface area (Å²) < 4.78 is 0. The van der Waals surface area contributed by atoms with Gasteiger partial charge in [0, 0.05) is 7.05 Å². The molecular formula is C4H6NO. The maximum atomic E-state index is 9.90. The van der Waals surface area contributed by atoms with Gasteiger partial charge >= 0.3 is 0 Å². The van der Waals surface area contributed by atoms with Crippen LogP contribution in [-0.2, 0) is 4.79 Å². The summed E-state index contributed by atoms with van der Waals surface area (Å²) >= 11 is 0. The van der Waals surface area contributed by atoms with E-state index >= 15 is 0 Å². The van der Waals surface area contributed by atoms with Crippen LogP contribution in [0, 0.1) is 0 Å². The van der Waals surface area contributed by atoms with Crippen LogP contribution in [0.3, 0.4) is 0 Å². The van der Waals surface area contributed by atoms with Gasteiger partial charge in [0.25, 0.3) is 5.91 Å². The molecule has 0 aliphatic heterocycles. The lowest BCUT2D eigenvalue weighted by molar-refractivity contribution is -0.116. The Balaban J connectivity index is 3.23. The van der Waals surface area contributed by atoms with Crippen LogP contribution < -0.4 is 5.32 Å². The summed E-state index contributed by atoms with van der Waals surface area (Å²) in [5.41, 5.74) is 0. The van der Waals surface area contributed by atoms with E-state index in [0.29, 0.717) is 0 Å². The van der Waals surface area contributed by atoms with Crippen molar-refractivity contribution >= 4 is 5.91 Å². The normalized spacial score (nSPS) is 6.83. The van der Waals surface area contributed by atoms with E-state index in [0.717, 1.165) is 0 Å². The first-order valence-electron chi connectivity index (χ1n) is 1.57. The molecule has 0 fully saturated rings. The zero-order valence-corrected chi connectivity index (χ0v) is 3.64. The summed E-state index contributed by atoms with van der Waals surface area (Å²) in [5, 5.41) is 3.25. The van der Waals surface area contributed by atoms with Gasteiger partial charge in [-0.3, -0.25) is 10.1 Å². The molecule has 1 radical (unpaired) electrons. The molecule has 0 atom stereocenters. The molecule has 2 nitrogen and oxygen atoms in total. The Kier molecular flexibility index (Phi) is 2.13. The first kappa shape index (κ1) is 5.21. The average Bonchev–Trinajstić information content (AvgIpc) is 1.65. The number of carbonyl (C=O) groups excluding carboxylic acids is 1. The Morgan fingerprint density at radius 2 is 2.50 bits per heavy atom. The zero-order chi connectivity index (χ0) is 4.99. The maximum Gasteiger partial charge on any atom is 0.264 e. The topological polar surface area (TPSA) is 31.2 Å². The number of likely N-dealkylation sites (N-methyl/N-ethyl adjacent to an activating group) is 1. The molecule has 0 saturated heterocycles. The lowest BCUT2D eigenvalue weighted by Gasteiger charge is -1.77. The molecule has 0 N–H and O–H groups in total. The van der Waals surface area contributed by atoms with E-state index in [9.17, 15) is 4.79 Å². The molecule has 0 aromatic carbocycles. The zero-order valence-electron chi connectivity index (χ0n) is 3.64. The van der Waals surface area contributed by atoms with Gasteiger partial charge in [0.2, 0.25) is 0 Å². The van der Waals surface area contributed by atoms with Gasteiger partial charge in [-0.05, 0) is 6.08 Å². The monoisotopic (exact) mass is 84.0 g/mol. The van der Waals surface area contributed by atoms with Crippen LogP contribution >= 0.6 is 0 Å². The summed E-state index contributed by atoms with van der Waals surface area (Å²) in [5.74, 6) is -0.269. The summed E-state index contributed by atoms with van der Waals surface area (Å²) in [6, 6.07) is 0. The molecule has 0 aromatic rings. The molecule has 0 heterocycles. The summed E-state index contributed by atoms with van der Waals surface area (Å²) in [7, 11) is 1.43. The molecule has 0 rings (SSSR count). The number of nitrogens with zero attached hydrogens (tertiary/aromatic N) is 1. The van der Waals surface area contributed by atoms with Gasteiger partial charge in [-0.25, -0.2) is 0 Å². The molecule has 0 aromatic heterocycles. The van der Waals surface area contributed by atoms with Gasteiger partial charge in [0.15, 0.2) is 0 Å². The highest BCUT2D eigenvalue weighted by atomic mass is 16.1. The van der Waals surface area contributed by atoms with Crippen LogP contribution in [0.25, 0.3) is 0 Å². The minimum atomic E-state index is -0.269. The van der Waals surface area contributed by atoms with Gasteiger partial charge in [-0.2, -0.15) is 0 Å². The molecule has 0 saturated carbocycles. The second-order valence-electron chi connectivity index (χ2n) is 0.766. The fourth-order valence-corrected chi connectivity index (χ4v) is 0.0913. The first-order chi connectivity index (χ1) is 2.81. The van der Waals surface area contributed by atoms with Gasteiger partial charge in [0.05, 0.1) is 0 Å². The third-order valence-corrected chi connectivity index (χ3v) is 0.395. The summed E-state index contributed by atoms with van der Waals surface area (Å²) in [4.78, 5) is 9.90. The number of amides is 1. The van der Waals surface area contributed by atoms with Crippen molar-refractivity contribution in [3.63, 3.8) is 0 Å². The highest BCUT2D eigenvalue weighted by Crippen LogP contribution is 1.59. The van der Waals surface area contributed by atoms with E-state index < -0.39 is 0 Å². The third kappa shape index (κ3) is 1.52. The quantitative estimate of drug-likeness (QED) is 0.409. The van der Waals surface area contributed by atoms with Crippen LogP contribution in [0.5, 0.6) is 0 Å².